The van der Waals surface area contributed by atoms with E-state index in [0.29, 0.717) is 0 Å². The Morgan fingerprint density at radius 1 is 1.64 bits per heavy atom. The van der Waals surface area contributed by atoms with Gasteiger partial charge in [-0.25, -0.2) is 4.79 Å². The number of aliphatic hydroxyl groups excluding tert-OH is 1. The lowest BCUT2D eigenvalue weighted by atomic mass is 9.96. The van der Waals surface area contributed by atoms with Crippen LogP contribution in [0, 0.1) is 0 Å². The molecule has 1 aliphatic carbocycles. The van der Waals surface area contributed by atoms with Crippen LogP contribution in [0.2, 0.25) is 0 Å². The zero-order valence-electron chi connectivity index (χ0n) is 5.78. The molecule has 4 heteroatoms. The van der Waals surface area contributed by atoms with Gasteiger partial charge in [0.1, 0.15) is 6.10 Å². The highest BCUT2D eigenvalue weighted by Crippen LogP contribution is 2.15. The summed E-state index contributed by atoms with van der Waals surface area (Å²) in [6.45, 7) is 0. The minimum Gasteiger partial charge on any atom is -0.478 e. The molecule has 0 spiro atoms. The lowest BCUT2D eigenvalue weighted by Gasteiger charge is -2.12. The van der Waals surface area contributed by atoms with Crippen molar-refractivity contribution in [3.8, 4) is 0 Å². The fourth-order valence-corrected chi connectivity index (χ4v) is 0.943. The summed E-state index contributed by atoms with van der Waals surface area (Å²) in [4.78, 5) is 21.0. The van der Waals surface area contributed by atoms with Crippen LogP contribution >= 0.6 is 0 Å². The van der Waals surface area contributed by atoms with Gasteiger partial charge in [0.05, 0.1) is 0 Å². The Bertz CT molecular complexity index is 229. The van der Waals surface area contributed by atoms with E-state index < -0.39 is 17.9 Å². The number of rotatable bonds is 1. The highest BCUT2D eigenvalue weighted by molar-refractivity contribution is 6.02. The molecule has 2 N–H and O–H groups in total. The Labute approximate surface area is 63.1 Å². The molecule has 0 aromatic heterocycles. The molecule has 0 saturated carbocycles. The van der Waals surface area contributed by atoms with E-state index in [0.717, 1.165) is 6.08 Å². The molecule has 60 valence electrons. The van der Waals surface area contributed by atoms with Crippen LogP contribution < -0.4 is 0 Å². The zero-order valence-corrected chi connectivity index (χ0v) is 5.78. The standard InChI is InChI=1S/C7H8O4/c8-5-2-1-4(7(10)11)3-6(5)9/h3,5,8H,1-2H2,(H,10,11). The van der Waals surface area contributed by atoms with Crippen LogP contribution in [0.4, 0.5) is 0 Å². The molecular formula is C7H8O4. The van der Waals surface area contributed by atoms with Gasteiger partial charge < -0.3 is 10.2 Å². The quantitative estimate of drug-likeness (QED) is 0.547. The van der Waals surface area contributed by atoms with E-state index in [2.05, 4.69) is 0 Å². The number of carboxylic acids is 1. The van der Waals surface area contributed by atoms with E-state index in [1.54, 1.807) is 0 Å². The van der Waals surface area contributed by atoms with Crippen LogP contribution in [0.3, 0.4) is 0 Å². The Kier molecular flexibility index (Phi) is 2.05. The van der Waals surface area contributed by atoms with Gasteiger partial charge in [-0.1, -0.05) is 0 Å². The second-order valence-electron chi connectivity index (χ2n) is 2.43. The van der Waals surface area contributed by atoms with Gasteiger partial charge in [0.25, 0.3) is 0 Å². The van der Waals surface area contributed by atoms with Crippen LogP contribution in [-0.4, -0.2) is 28.1 Å². The fraction of sp³-hybridized carbons (Fsp3) is 0.429. The van der Waals surface area contributed by atoms with Crippen molar-refractivity contribution in [2.75, 3.05) is 0 Å². The predicted molar refractivity (Wildman–Crippen MR) is 36.0 cm³/mol. The average Bonchev–Trinajstić information content (AvgIpc) is 1.94. The van der Waals surface area contributed by atoms with E-state index in [4.69, 9.17) is 10.2 Å². The largest absolute Gasteiger partial charge is 0.478 e. The van der Waals surface area contributed by atoms with Gasteiger partial charge in [-0.15, -0.1) is 0 Å². The highest BCUT2D eigenvalue weighted by atomic mass is 16.4. The zero-order chi connectivity index (χ0) is 8.43. The SMILES string of the molecule is O=C(O)C1=CC(=O)C(O)CC1. The van der Waals surface area contributed by atoms with Crippen molar-refractivity contribution in [2.45, 2.75) is 18.9 Å². The van der Waals surface area contributed by atoms with Crippen molar-refractivity contribution in [1.82, 2.24) is 0 Å². The number of hydrogen-bond acceptors (Lipinski definition) is 3. The number of aliphatic hydroxyl groups is 1. The number of carboxylic acid groups (broad SMARTS) is 1. The molecular weight excluding hydrogens is 148 g/mol. The fourth-order valence-electron chi connectivity index (χ4n) is 0.943. The van der Waals surface area contributed by atoms with Crippen molar-refractivity contribution in [3.05, 3.63) is 11.6 Å². The van der Waals surface area contributed by atoms with E-state index in [-0.39, 0.29) is 18.4 Å². The van der Waals surface area contributed by atoms with Gasteiger partial charge in [0.15, 0.2) is 5.78 Å². The molecule has 0 radical (unpaired) electrons. The van der Waals surface area contributed by atoms with Crippen molar-refractivity contribution in [1.29, 1.82) is 0 Å². The first-order valence-corrected chi connectivity index (χ1v) is 3.27. The smallest absolute Gasteiger partial charge is 0.331 e. The maximum atomic E-state index is 10.7. The van der Waals surface area contributed by atoms with Crippen LogP contribution in [-0.2, 0) is 9.59 Å². The van der Waals surface area contributed by atoms with E-state index in [1.165, 1.54) is 0 Å². The van der Waals surface area contributed by atoms with Crippen LogP contribution in [0.5, 0.6) is 0 Å². The van der Waals surface area contributed by atoms with Gasteiger partial charge in [0, 0.05) is 5.57 Å². The monoisotopic (exact) mass is 156 g/mol. The maximum Gasteiger partial charge on any atom is 0.331 e. The highest BCUT2D eigenvalue weighted by Gasteiger charge is 2.22. The van der Waals surface area contributed by atoms with Crippen LogP contribution in [0.15, 0.2) is 11.6 Å². The summed E-state index contributed by atoms with van der Waals surface area (Å²) >= 11 is 0. The number of aliphatic carboxylic acids is 1. The summed E-state index contributed by atoms with van der Waals surface area (Å²) in [5, 5.41) is 17.3. The number of hydrogen-bond donors (Lipinski definition) is 2. The molecule has 4 nitrogen and oxygen atoms in total. The summed E-state index contributed by atoms with van der Waals surface area (Å²) in [6.07, 6.45) is 0.480. The number of ketones is 1. The number of carbonyl (C=O) groups excluding carboxylic acids is 1. The molecule has 11 heavy (non-hydrogen) atoms. The average molecular weight is 156 g/mol. The van der Waals surface area contributed by atoms with Gasteiger partial charge >= 0.3 is 5.97 Å². The van der Waals surface area contributed by atoms with Crippen molar-refractivity contribution in [2.24, 2.45) is 0 Å². The van der Waals surface area contributed by atoms with E-state index >= 15 is 0 Å². The molecule has 0 aromatic rings. The third kappa shape index (κ3) is 1.65. The van der Waals surface area contributed by atoms with Crippen molar-refractivity contribution < 1.29 is 19.8 Å². The van der Waals surface area contributed by atoms with Gasteiger partial charge in [-0.2, -0.15) is 0 Å². The van der Waals surface area contributed by atoms with Crippen LogP contribution in [0.25, 0.3) is 0 Å². The van der Waals surface area contributed by atoms with E-state index in [9.17, 15) is 9.59 Å². The predicted octanol–water partition coefficient (Wildman–Crippen LogP) is -0.279. The first-order valence-electron chi connectivity index (χ1n) is 3.27. The van der Waals surface area contributed by atoms with E-state index in [1.807, 2.05) is 0 Å². The number of carbonyl (C=O) groups is 2. The molecule has 0 fully saturated rings. The van der Waals surface area contributed by atoms with Crippen molar-refractivity contribution in [3.63, 3.8) is 0 Å². The Balaban J connectivity index is 2.79. The summed E-state index contributed by atoms with van der Waals surface area (Å²) in [7, 11) is 0. The van der Waals surface area contributed by atoms with Crippen LogP contribution in [0.1, 0.15) is 12.8 Å². The van der Waals surface area contributed by atoms with Gasteiger partial charge in [0.2, 0.25) is 0 Å². The second kappa shape index (κ2) is 2.84. The van der Waals surface area contributed by atoms with Crippen molar-refractivity contribution >= 4 is 11.8 Å². The normalized spacial score (nSPS) is 24.6. The molecule has 0 amide bonds. The molecule has 0 aromatic carbocycles. The topological polar surface area (TPSA) is 74.6 Å². The third-order valence-electron chi connectivity index (χ3n) is 1.61. The Morgan fingerprint density at radius 3 is 2.73 bits per heavy atom. The maximum absolute atomic E-state index is 10.7. The minimum atomic E-state index is -1.08. The summed E-state index contributed by atoms with van der Waals surface area (Å²) in [5.41, 5.74) is 0.0836. The summed E-state index contributed by atoms with van der Waals surface area (Å²) < 4.78 is 0. The Morgan fingerprint density at radius 2 is 2.27 bits per heavy atom. The summed E-state index contributed by atoms with van der Waals surface area (Å²) in [6, 6.07) is 0. The van der Waals surface area contributed by atoms with Gasteiger partial charge in [-0.3, -0.25) is 4.79 Å². The minimum absolute atomic E-state index is 0.0836. The molecule has 1 rings (SSSR count). The first kappa shape index (κ1) is 7.94. The molecule has 1 aliphatic rings. The molecule has 0 aliphatic heterocycles. The molecule has 1 atom stereocenters. The van der Waals surface area contributed by atoms with Gasteiger partial charge in [-0.05, 0) is 18.9 Å². The first-order chi connectivity index (χ1) is 5.11. The Hall–Kier alpha value is -1.16. The third-order valence-corrected chi connectivity index (χ3v) is 1.61. The second-order valence-corrected chi connectivity index (χ2v) is 2.43. The molecule has 0 bridgehead atoms. The lowest BCUT2D eigenvalue weighted by Crippen LogP contribution is -2.24. The molecule has 0 saturated heterocycles. The lowest BCUT2D eigenvalue weighted by molar-refractivity contribution is -0.134. The molecule has 0 heterocycles. The summed E-state index contributed by atoms with van der Waals surface area (Å²) in [5.74, 6) is -1.58. The molecule has 1 unspecified atom stereocenters.